The van der Waals surface area contributed by atoms with E-state index in [1.54, 1.807) is 6.92 Å². The Hall–Kier alpha value is -1.33. The topological polar surface area (TPSA) is 44.8 Å². The fourth-order valence-corrected chi connectivity index (χ4v) is 3.82. The van der Waals surface area contributed by atoms with Gasteiger partial charge in [-0.1, -0.05) is 12.1 Å². The Kier molecular flexibility index (Phi) is 5.50. The maximum absolute atomic E-state index is 11.4. The number of Topliss-reactive ketones (excluding diaryl/α,β-unsaturated/α-hetero) is 1. The Balaban J connectivity index is 1.59. The molecule has 3 rings (SSSR count). The lowest BCUT2D eigenvalue weighted by Crippen LogP contribution is -2.41. The molecule has 1 saturated heterocycles. The Bertz CT molecular complexity index is 622. The van der Waals surface area contributed by atoms with Crippen molar-refractivity contribution in [3.05, 3.63) is 24.3 Å². The molecule has 2 fully saturated rings. The first-order valence-corrected chi connectivity index (χ1v) is 9.78. The number of ketones is 1. The van der Waals surface area contributed by atoms with Crippen LogP contribution in [-0.2, 0) is 14.1 Å². The normalized spacial score (nSPS) is 27.3. The molecule has 142 valence electrons. The van der Waals surface area contributed by atoms with Gasteiger partial charge < -0.3 is 18.8 Å². The third-order valence-corrected chi connectivity index (χ3v) is 6.02. The molecule has 0 aromatic heterocycles. The third kappa shape index (κ3) is 4.32. The smallest absolute Gasteiger partial charge is 0.490 e. The molecule has 0 amide bonds. The summed E-state index contributed by atoms with van der Waals surface area (Å²) in [6.07, 6.45) is 5.19. The van der Waals surface area contributed by atoms with Crippen molar-refractivity contribution in [3.63, 3.8) is 0 Å². The van der Waals surface area contributed by atoms with E-state index in [0.29, 0.717) is 12.3 Å². The minimum absolute atomic E-state index is 0.204. The average Bonchev–Trinajstić information content (AvgIpc) is 2.76. The van der Waals surface area contributed by atoms with Crippen molar-refractivity contribution in [2.45, 2.75) is 84.0 Å². The van der Waals surface area contributed by atoms with E-state index in [1.165, 1.54) is 0 Å². The summed E-state index contributed by atoms with van der Waals surface area (Å²) in [7, 11) is -0.344. The van der Waals surface area contributed by atoms with Gasteiger partial charge in [-0.15, -0.1) is 0 Å². The van der Waals surface area contributed by atoms with Crippen molar-refractivity contribution >= 4 is 18.4 Å². The van der Waals surface area contributed by atoms with Crippen LogP contribution in [0.25, 0.3) is 0 Å². The largest absolute Gasteiger partial charge is 0.494 e. The van der Waals surface area contributed by atoms with E-state index < -0.39 is 0 Å². The van der Waals surface area contributed by atoms with Gasteiger partial charge in [0, 0.05) is 6.42 Å². The zero-order chi connectivity index (χ0) is 18.9. The fourth-order valence-electron chi connectivity index (χ4n) is 3.82. The van der Waals surface area contributed by atoms with Crippen LogP contribution in [0.1, 0.15) is 66.7 Å². The standard InChI is InChI=1S/C21H31BO4/c1-15(23)13-16-7-6-8-19(14-16)24-18-11-9-17(10-12-18)22-25-20(2,3)21(4,5)26-22/h9-12,16,19H,6-8,13-14H2,1-5H3/t16-,19+/m0/s1. The minimum atomic E-state index is -0.344. The quantitative estimate of drug-likeness (QED) is 0.749. The third-order valence-electron chi connectivity index (χ3n) is 6.02. The predicted octanol–water partition coefficient (Wildman–Crippen LogP) is 3.90. The summed E-state index contributed by atoms with van der Waals surface area (Å²) in [5.74, 6) is 1.62. The number of rotatable bonds is 5. The van der Waals surface area contributed by atoms with E-state index >= 15 is 0 Å². The molecule has 4 nitrogen and oxygen atoms in total. The molecule has 0 bridgehead atoms. The molecular formula is C21H31BO4. The van der Waals surface area contributed by atoms with Gasteiger partial charge in [-0.25, -0.2) is 0 Å². The summed E-state index contributed by atoms with van der Waals surface area (Å²) in [5, 5.41) is 0. The van der Waals surface area contributed by atoms with Crippen molar-refractivity contribution in [1.29, 1.82) is 0 Å². The molecule has 1 aliphatic carbocycles. The molecule has 2 atom stereocenters. The summed E-state index contributed by atoms with van der Waals surface area (Å²) in [4.78, 5) is 11.4. The SMILES string of the molecule is CC(=O)C[C@@H]1CCC[C@@H](Oc2ccc(B3OC(C)(C)C(C)(C)O3)cc2)C1. The highest BCUT2D eigenvalue weighted by Crippen LogP contribution is 2.36. The maximum Gasteiger partial charge on any atom is 0.494 e. The van der Waals surface area contributed by atoms with Gasteiger partial charge in [0.1, 0.15) is 11.5 Å². The van der Waals surface area contributed by atoms with Crippen LogP contribution >= 0.6 is 0 Å². The van der Waals surface area contributed by atoms with E-state index in [2.05, 4.69) is 27.7 Å². The van der Waals surface area contributed by atoms with Crippen molar-refractivity contribution in [3.8, 4) is 5.75 Å². The number of hydrogen-bond donors (Lipinski definition) is 0. The number of carbonyl (C=O) groups is 1. The summed E-state index contributed by atoms with van der Waals surface area (Å²) >= 11 is 0. The molecule has 1 heterocycles. The second kappa shape index (κ2) is 7.36. The Morgan fingerprint density at radius 1 is 1.12 bits per heavy atom. The van der Waals surface area contributed by atoms with Gasteiger partial charge in [0.15, 0.2) is 0 Å². The van der Waals surface area contributed by atoms with E-state index in [0.717, 1.165) is 36.9 Å². The Labute approximate surface area is 157 Å². The lowest BCUT2D eigenvalue weighted by atomic mass is 9.79. The fraction of sp³-hybridized carbons (Fsp3) is 0.667. The van der Waals surface area contributed by atoms with Crippen LogP contribution in [-0.4, -0.2) is 30.2 Å². The monoisotopic (exact) mass is 358 g/mol. The molecule has 0 spiro atoms. The van der Waals surface area contributed by atoms with Crippen molar-refractivity contribution in [2.24, 2.45) is 5.92 Å². The molecule has 0 radical (unpaired) electrons. The van der Waals surface area contributed by atoms with Gasteiger partial charge >= 0.3 is 7.12 Å². The van der Waals surface area contributed by atoms with Crippen LogP contribution in [0.5, 0.6) is 5.75 Å². The summed E-state index contributed by atoms with van der Waals surface area (Å²) in [6, 6.07) is 8.03. The zero-order valence-electron chi connectivity index (χ0n) is 16.7. The molecule has 5 heteroatoms. The first kappa shape index (κ1) is 19.4. The number of ether oxygens (including phenoxy) is 1. The maximum atomic E-state index is 11.4. The minimum Gasteiger partial charge on any atom is -0.490 e. The van der Waals surface area contributed by atoms with E-state index in [4.69, 9.17) is 14.0 Å². The summed E-state index contributed by atoms with van der Waals surface area (Å²) < 4.78 is 18.4. The first-order chi connectivity index (χ1) is 12.2. The number of benzene rings is 1. The predicted molar refractivity (Wildman–Crippen MR) is 104 cm³/mol. The molecule has 1 aromatic carbocycles. The van der Waals surface area contributed by atoms with Crippen LogP contribution in [0.2, 0.25) is 0 Å². The first-order valence-electron chi connectivity index (χ1n) is 9.78. The summed E-state index contributed by atoms with van der Waals surface area (Å²) in [6.45, 7) is 9.92. The van der Waals surface area contributed by atoms with Crippen LogP contribution in [0.4, 0.5) is 0 Å². The highest BCUT2D eigenvalue weighted by atomic mass is 16.7. The van der Waals surface area contributed by atoms with Gasteiger partial charge in [0.2, 0.25) is 0 Å². The van der Waals surface area contributed by atoms with Crippen molar-refractivity contribution in [2.75, 3.05) is 0 Å². The number of hydrogen-bond acceptors (Lipinski definition) is 4. The molecule has 2 aliphatic rings. The number of carbonyl (C=O) groups excluding carboxylic acids is 1. The second-order valence-electron chi connectivity index (χ2n) is 8.84. The molecular weight excluding hydrogens is 327 g/mol. The van der Waals surface area contributed by atoms with Gasteiger partial charge in [-0.2, -0.15) is 0 Å². The molecule has 1 aromatic rings. The van der Waals surface area contributed by atoms with Gasteiger partial charge in [0.25, 0.3) is 0 Å². The molecule has 1 saturated carbocycles. The lowest BCUT2D eigenvalue weighted by molar-refractivity contribution is -0.118. The van der Waals surface area contributed by atoms with Crippen molar-refractivity contribution < 1.29 is 18.8 Å². The van der Waals surface area contributed by atoms with Crippen LogP contribution < -0.4 is 10.2 Å². The molecule has 0 unspecified atom stereocenters. The van der Waals surface area contributed by atoms with E-state index in [1.807, 2.05) is 24.3 Å². The van der Waals surface area contributed by atoms with E-state index in [9.17, 15) is 4.79 Å². The molecule has 1 aliphatic heterocycles. The van der Waals surface area contributed by atoms with Crippen LogP contribution in [0, 0.1) is 5.92 Å². The van der Waals surface area contributed by atoms with Gasteiger partial charge in [0.05, 0.1) is 17.3 Å². The van der Waals surface area contributed by atoms with Crippen molar-refractivity contribution in [1.82, 2.24) is 0 Å². The van der Waals surface area contributed by atoms with Gasteiger partial charge in [-0.3, -0.25) is 0 Å². The lowest BCUT2D eigenvalue weighted by Gasteiger charge is -2.32. The highest BCUT2D eigenvalue weighted by Gasteiger charge is 2.51. The van der Waals surface area contributed by atoms with Crippen LogP contribution in [0.15, 0.2) is 24.3 Å². The Morgan fingerprint density at radius 3 is 2.31 bits per heavy atom. The van der Waals surface area contributed by atoms with Crippen LogP contribution in [0.3, 0.4) is 0 Å². The highest BCUT2D eigenvalue weighted by molar-refractivity contribution is 6.62. The average molecular weight is 358 g/mol. The van der Waals surface area contributed by atoms with E-state index in [-0.39, 0.29) is 30.2 Å². The summed E-state index contributed by atoms with van der Waals surface area (Å²) in [5.41, 5.74) is 0.343. The second-order valence-corrected chi connectivity index (χ2v) is 8.84. The van der Waals surface area contributed by atoms with Gasteiger partial charge in [-0.05, 0) is 83.8 Å². The Morgan fingerprint density at radius 2 is 1.73 bits per heavy atom. The zero-order valence-corrected chi connectivity index (χ0v) is 16.7. The molecule has 26 heavy (non-hydrogen) atoms. The molecule has 0 N–H and O–H groups in total.